The fraction of sp³-hybridized carbons (Fsp3) is 0.312. The zero-order valence-corrected chi connectivity index (χ0v) is 13.3. The maximum atomic E-state index is 11.7. The van der Waals surface area contributed by atoms with Crippen LogP contribution < -0.4 is 15.8 Å². The molecule has 1 aromatic carbocycles. The first-order chi connectivity index (χ1) is 9.90. The highest BCUT2D eigenvalue weighted by molar-refractivity contribution is 7.15. The Bertz CT molecular complexity index is 612. The second kappa shape index (κ2) is 6.28. The van der Waals surface area contributed by atoms with E-state index in [4.69, 9.17) is 10.5 Å². The summed E-state index contributed by atoms with van der Waals surface area (Å²) in [6, 6.07) is 12.0. The van der Waals surface area contributed by atoms with Gasteiger partial charge in [0.25, 0.3) is 0 Å². The normalized spacial score (nSPS) is 11.2. The van der Waals surface area contributed by atoms with Gasteiger partial charge in [0, 0.05) is 9.75 Å². The van der Waals surface area contributed by atoms with Crippen LogP contribution in [0.15, 0.2) is 36.4 Å². The molecule has 0 radical (unpaired) electrons. The molecule has 3 N–H and O–H groups in total. The third kappa shape index (κ3) is 4.06. The molecular weight excluding hydrogens is 284 g/mol. The van der Waals surface area contributed by atoms with Crippen LogP contribution in [-0.4, -0.2) is 18.6 Å². The Morgan fingerprint density at radius 3 is 2.48 bits per heavy atom. The first kappa shape index (κ1) is 15.5. The summed E-state index contributed by atoms with van der Waals surface area (Å²) in [5.41, 5.74) is 6.03. The minimum absolute atomic E-state index is 0.151. The van der Waals surface area contributed by atoms with Gasteiger partial charge in [-0.2, -0.15) is 0 Å². The number of hydrogen-bond donors (Lipinski definition) is 2. The first-order valence-electron chi connectivity index (χ1n) is 6.70. The van der Waals surface area contributed by atoms with Crippen LogP contribution in [0, 0.1) is 0 Å². The van der Waals surface area contributed by atoms with Crippen LogP contribution in [0.5, 0.6) is 5.75 Å². The molecule has 2 rings (SSSR count). The molecule has 4 nitrogen and oxygen atoms in total. The van der Waals surface area contributed by atoms with Crippen molar-refractivity contribution in [3.8, 4) is 16.2 Å². The zero-order valence-electron chi connectivity index (χ0n) is 12.5. The van der Waals surface area contributed by atoms with E-state index in [1.807, 2.05) is 30.3 Å². The first-order valence-corrected chi connectivity index (χ1v) is 7.52. The number of thiophene rings is 1. The lowest BCUT2D eigenvalue weighted by Gasteiger charge is -2.17. The van der Waals surface area contributed by atoms with Gasteiger partial charge in [-0.3, -0.25) is 4.79 Å². The molecule has 1 aromatic heterocycles. The van der Waals surface area contributed by atoms with Crippen molar-refractivity contribution in [2.75, 3.05) is 7.11 Å². The summed E-state index contributed by atoms with van der Waals surface area (Å²) in [7, 11) is 1.65. The standard InChI is InChI=1S/C16H20N2O2S/c1-16(2,17)15(19)18-10-13-8-9-14(21-13)11-4-6-12(20-3)7-5-11/h4-9H,10,17H2,1-3H3,(H,18,19). The smallest absolute Gasteiger partial charge is 0.239 e. The Morgan fingerprint density at radius 1 is 1.24 bits per heavy atom. The van der Waals surface area contributed by atoms with Gasteiger partial charge in [0.15, 0.2) is 0 Å². The monoisotopic (exact) mass is 304 g/mol. The summed E-state index contributed by atoms with van der Waals surface area (Å²) in [6.45, 7) is 3.89. The van der Waals surface area contributed by atoms with E-state index >= 15 is 0 Å². The molecule has 0 fully saturated rings. The molecule has 0 aliphatic rings. The number of benzene rings is 1. The van der Waals surface area contributed by atoms with Crippen molar-refractivity contribution in [1.29, 1.82) is 0 Å². The fourth-order valence-electron chi connectivity index (χ4n) is 1.78. The maximum Gasteiger partial charge on any atom is 0.239 e. The fourth-order valence-corrected chi connectivity index (χ4v) is 2.73. The number of rotatable bonds is 5. The third-order valence-electron chi connectivity index (χ3n) is 3.04. The SMILES string of the molecule is COc1ccc(-c2ccc(CNC(=O)C(C)(C)N)s2)cc1. The number of methoxy groups -OCH3 is 1. The van der Waals surface area contributed by atoms with Gasteiger partial charge in [0.2, 0.25) is 5.91 Å². The topological polar surface area (TPSA) is 64.3 Å². The summed E-state index contributed by atoms with van der Waals surface area (Å²) < 4.78 is 5.15. The molecule has 5 heteroatoms. The number of amides is 1. The van der Waals surface area contributed by atoms with Gasteiger partial charge >= 0.3 is 0 Å². The Morgan fingerprint density at radius 2 is 1.90 bits per heavy atom. The molecule has 1 amide bonds. The zero-order chi connectivity index (χ0) is 15.5. The van der Waals surface area contributed by atoms with Gasteiger partial charge < -0.3 is 15.8 Å². The summed E-state index contributed by atoms with van der Waals surface area (Å²) in [6.07, 6.45) is 0. The largest absolute Gasteiger partial charge is 0.497 e. The highest BCUT2D eigenvalue weighted by atomic mass is 32.1. The molecule has 21 heavy (non-hydrogen) atoms. The average Bonchev–Trinajstić information content (AvgIpc) is 2.92. The Hall–Kier alpha value is -1.85. The van der Waals surface area contributed by atoms with E-state index in [2.05, 4.69) is 11.4 Å². The average molecular weight is 304 g/mol. The summed E-state index contributed by atoms with van der Waals surface area (Å²) in [4.78, 5) is 14.0. The number of nitrogens with one attached hydrogen (secondary N) is 1. The molecule has 0 atom stereocenters. The molecule has 0 unspecified atom stereocenters. The number of ether oxygens (including phenoxy) is 1. The van der Waals surface area contributed by atoms with E-state index in [0.29, 0.717) is 6.54 Å². The predicted octanol–water partition coefficient (Wildman–Crippen LogP) is 2.78. The molecule has 0 aliphatic heterocycles. The van der Waals surface area contributed by atoms with Crippen molar-refractivity contribution in [1.82, 2.24) is 5.32 Å². The second-order valence-corrected chi connectivity index (χ2v) is 6.57. The summed E-state index contributed by atoms with van der Waals surface area (Å²) in [5, 5.41) is 2.85. The predicted molar refractivity (Wildman–Crippen MR) is 86.4 cm³/mol. The van der Waals surface area contributed by atoms with Gasteiger partial charge in [0.05, 0.1) is 19.2 Å². The molecule has 1 heterocycles. The van der Waals surface area contributed by atoms with Crippen LogP contribution in [0.3, 0.4) is 0 Å². The molecule has 0 aliphatic carbocycles. The van der Waals surface area contributed by atoms with Crippen LogP contribution in [-0.2, 0) is 11.3 Å². The minimum atomic E-state index is -0.851. The van der Waals surface area contributed by atoms with E-state index in [0.717, 1.165) is 21.1 Å². The van der Waals surface area contributed by atoms with E-state index in [1.165, 1.54) is 0 Å². The van der Waals surface area contributed by atoms with E-state index in [1.54, 1.807) is 32.3 Å². The van der Waals surface area contributed by atoms with Crippen molar-refractivity contribution >= 4 is 17.2 Å². The van der Waals surface area contributed by atoms with Crippen LogP contribution in [0.1, 0.15) is 18.7 Å². The maximum absolute atomic E-state index is 11.7. The van der Waals surface area contributed by atoms with Crippen LogP contribution >= 0.6 is 11.3 Å². The van der Waals surface area contributed by atoms with Gasteiger partial charge in [0.1, 0.15) is 5.75 Å². The molecule has 0 bridgehead atoms. The lowest BCUT2D eigenvalue weighted by atomic mass is 10.1. The Kier molecular flexibility index (Phi) is 4.65. The number of hydrogen-bond acceptors (Lipinski definition) is 4. The van der Waals surface area contributed by atoms with E-state index in [9.17, 15) is 4.79 Å². The van der Waals surface area contributed by atoms with Crippen molar-refractivity contribution < 1.29 is 9.53 Å². The lowest BCUT2D eigenvalue weighted by Crippen LogP contribution is -2.48. The second-order valence-electron chi connectivity index (χ2n) is 5.40. The molecule has 2 aromatic rings. The van der Waals surface area contributed by atoms with Gasteiger partial charge in [-0.05, 0) is 55.8 Å². The van der Waals surface area contributed by atoms with Crippen molar-refractivity contribution in [3.63, 3.8) is 0 Å². The van der Waals surface area contributed by atoms with Crippen molar-refractivity contribution in [2.24, 2.45) is 5.73 Å². The van der Waals surface area contributed by atoms with E-state index < -0.39 is 5.54 Å². The molecular formula is C16H20N2O2S. The minimum Gasteiger partial charge on any atom is -0.497 e. The number of carbonyl (C=O) groups is 1. The van der Waals surface area contributed by atoms with Crippen LogP contribution in [0.25, 0.3) is 10.4 Å². The molecule has 112 valence electrons. The molecule has 0 saturated heterocycles. The molecule has 0 saturated carbocycles. The Labute approximate surface area is 128 Å². The summed E-state index contributed by atoms with van der Waals surface area (Å²) in [5.74, 6) is 0.690. The Balaban J connectivity index is 2.02. The highest BCUT2D eigenvalue weighted by Gasteiger charge is 2.21. The number of nitrogens with two attached hydrogens (primary N) is 1. The summed E-state index contributed by atoms with van der Waals surface area (Å²) >= 11 is 1.66. The van der Waals surface area contributed by atoms with Gasteiger partial charge in [-0.1, -0.05) is 0 Å². The van der Waals surface area contributed by atoms with Gasteiger partial charge in [-0.25, -0.2) is 0 Å². The lowest BCUT2D eigenvalue weighted by molar-refractivity contribution is -0.125. The quantitative estimate of drug-likeness (QED) is 0.892. The van der Waals surface area contributed by atoms with Crippen LogP contribution in [0.4, 0.5) is 0 Å². The molecule has 0 spiro atoms. The number of carbonyl (C=O) groups excluding carboxylic acids is 1. The van der Waals surface area contributed by atoms with Crippen molar-refractivity contribution in [2.45, 2.75) is 25.9 Å². The van der Waals surface area contributed by atoms with Crippen molar-refractivity contribution in [3.05, 3.63) is 41.3 Å². The van der Waals surface area contributed by atoms with Gasteiger partial charge in [-0.15, -0.1) is 11.3 Å². The highest BCUT2D eigenvalue weighted by Crippen LogP contribution is 2.29. The van der Waals surface area contributed by atoms with Crippen LogP contribution in [0.2, 0.25) is 0 Å². The van der Waals surface area contributed by atoms with E-state index in [-0.39, 0.29) is 5.91 Å². The third-order valence-corrected chi connectivity index (χ3v) is 4.18.